The molecule has 0 saturated carbocycles. The molecule has 2 aliphatic heterocycles. The Hall–Kier alpha value is -3.15. The molecular weight excluding hydrogens is 344 g/mol. The van der Waals surface area contributed by atoms with Crippen LogP contribution in [0.25, 0.3) is 5.76 Å². The number of hydrogen-bond donors (Lipinski definition) is 1. The van der Waals surface area contributed by atoms with Crippen LogP contribution in [0.5, 0.6) is 5.75 Å². The maximum absolute atomic E-state index is 12.8. The van der Waals surface area contributed by atoms with Crippen LogP contribution in [0.3, 0.4) is 0 Å². The van der Waals surface area contributed by atoms with Crippen molar-refractivity contribution in [1.82, 2.24) is 9.88 Å². The Balaban J connectivity index is 1.86. The Morgan fingerprint density at radius 3 is 2.89 bits per heavy atom. The average molecular weight is 364 g/mol. The van der Waals surface area contributed by atoms with Crippen molar-refractivity contribution in [3.63, 3.8) is 0 Å². The van der Waals surface area contributed by atoms with Gasteiger partial charge in [0.05, 0.1) is 17.9 Å². The highest BCUT2D eigenvalue weighted by Crippen LogP contribution is 2.39. The van der Waals surface area contributed by atoms with Crippen LogP contribution < -0.4 is 4.74 Å². The third kappa shape index (κ3) is 2.87. The minimum atomic E-state index is -0.685. The number of aliphatic hydroxyl groups excluding tert-OH is 1. The fourth-order valence-corrected chi connectivity index (χ4v) is 3.69. The van der Waals surface area contributed by atoms with E-state index in [4.69, 9.17) is 4.74 Å². The van der Waals surface area contributed by atoms with E-state index in [0.29, 0.717) is 30.8 Å². The van der Waals surface area contributed by atoms with Gasteiger partial charge in [0.2, 0.25) is 0 Å². The van der Waals surface area contributed by atoms with Gasteiger partial charge in [0.1, 0.15) is 17.6 Å². The van der Waals surface area contributed by atoms with Crippen LogP contribution >= 0.6 is 0 Å². The number of hydrogen-bond acceptors (Lipinski definition) is 5. The zero-order valence-corrected chi connectivity index (χ0v) is 15.0. The standard InChI is InChI=1S/C21H20N2O4/c1-2-10-23-18(15-5-3-4-9-22-15)17(20(25)21(23)26)19(24)14-6-7-16-13(12-14)8-11-27-16/h3-7,9,12,18,24H,2,8,10-11H2,1H3/b19-17-. The van der Waals surface area contributed by atoms with Crippen LogP contribution in [0.15, 0.2) is 48.2 Å². The molecule has 6 nitrogen and oxygen atoms in total. The maximum Gasteiger partial charge on any atom is 0.295 e. The van der Waals surface area contributed by atoms with Gasteiger partial charge < -0.3 is 14.7 Å². The van der Waals surface area contributed by atoms with Gasteiger partial charge >= 0.3 is 0 Å². The average Bonchev–Trinajstić information content (AvgIpc) is 3.26. The molecular formula is C21H20N2O4. The minimum absolute atomic E-state index is 0.0889. The molecule has 6 heteroatoms. The molecule has 0 spiro atoms. The molecule has 4 rings (SSSR count). The number of pyridine rings is 1. The fraction of sp³-hybridized carbons (Fsp3) is 0.286. The summed E-state index contributed by atoms with van der Waals surface area (Å²) >= 11 is 0. The van der Waals surface area contributed by atoms with E-state index < -0.39 is 17.7 Å². The molecule has 0 aliphatic carbocycles. The molecule has 2 aromatic rings. The van der Waals surface area contributed by atoms with E-state index in [9.17, 15) is 14.7 Å². The fourth-order valence-electron chi connectivity index (χ4n) is 3.69. The molecule has 1 atom stereocenters. The third-order valence-electron chi connectivity index (χ3n) is 4.94. The SMILES string of the molecule is CCCN1C(=O)C(=O)/C(=C(\O)c2ccc3c(c2)CCO3)C1c1ccccn1. The van der Waals surface area contributed by atoms with Gasteiger partial charge in [-0.1, -0.05) is 13.0 Å². The van der Waals surface area contributed by atoms with E-state index in [0.717, 1.165) is 17.7 Å². The van der Waals surface area contributed by atoms with E-state index >= 15 is 0 Å². The predicted molar refractivity (Wildman–Crippen MR) is 99.2 cm³/mol. The number of Topliss-reactive ketones (excluding diaryl/α,β-unsaturated/α-hetero) is 1. The number of carbonyl (C=O) groups excluding carboxylic acids is 2. The largest absolute Gasteiger partial charge is 0.507 e. The normalized spacial score (nSPS) is 20.6. The molecule has 1 unspecified atom stereocenters. The van der Waals surface area contributed by atoms with E-state index in [2.05, 4.69) is 4.98 Å². The number of aliphatic hydroxyl groups is 1. The first kappa shape index (κ1) is 17.3. The minimum Gasteiger partial charge on any atom is -0.507 e. The van der Waals surface area contributed by atoms with Crippen molar-refractivity contribution in [1.29, 1.82) is 0 Å². The van der Waals surface area contributed by atoms with Gasteiger partial charge in [-0.3, -0.25) is 14.6 Å². The van der Waals surface area contributed by atoms with Gasteiger partial charge in [0.25, 0.3) is 11.7 Å². The molecule has 1 aromatic heterocycles. The Morgan fingerprint density at radius 1 is 1.30 bits per heavy atom. The monoisotopic (exact) mass is 364 g/mol. The number of likely N-dealkylation sites (tertiary alicyclic amines) is 1. The van der Waals surface area contributed by atoms with Crippen LogP contribution in [-0.4, -0.2) is 39.8 Å². The molecule has 3 heterocycles. The van der Waals surface area contributed by atoms with Crippen LogP contribution in [0.2, 0.25) is 0 Å². The molecule has 1 aromatic carbocycles. The maximum atomic E-state index is 12.8. The molecule has 1 fully saturated rings. The lowest BCUT2D eigenvalue weighted by atomic mass is 9.97. The first-order valence-corrected chi connectivity index (χ1v) is 9.07. The summed E-state index contributed by atoms with van der Waals surface area (Å²) in [7, 11) is 0. The van der Waals surface area contributed by atoms with Gasteiger partial charge in [-0.15, -0.1) is 0 Å². The summed E-state index contributed by atoms with van der Waals surface area (Å²) in [5.74, 6) is -0.650. The highest BCUT2D eigenvalue weighted by molar-refractivity contribution is 6.46. The van der Waals surface area contributed by atoms with Crippen LogP contribution in [-0.2, 0) is 16.0 Å². The van der Waals surface area contributed by atoms with Crippen LogP contribution in [0, 0.1) is 0 Å². The van der Waals surface area contributed by atoms with Crippen molar-refractivity contribution in [3.05, 3.63) is 65.0 Å². The Kier molecular flexibility index (Phi) is 4.39. The first-order chi connectivity index (χ1) is 13.1. The van der Waals surface area contributed by atoms with Gasteiger partial charge in [0.15, 0.2) is 0 Å². The molecule has 2 aliphatic rings. The molecule has 27 heavy (non-hydrogen) atoms. The number of carbonyl (C=O) groups is 2. The lowest BCUT2D eigenvalue weighted by molar-refractivity contribution is -0.139. The van der Waals surface area contributed by atoms with Crippen molar-refractivity contribution in [3.8, 4) is 5.75 Å². The summed E-state index contributed by atoms with van der Waals surface area (Å²) in [6.07, 6.45) is 3.07. The van der Waals surface area contributed by atoms with Gasteiger partial charge in [-0.2, -0.15) is 0 Å². The quantitative estimate of drug-likeness (QED) is 0.513. The Bertz CT molecular complexity index is 936. The molecule has 1 saturated heterocycles. The molecule has 138 valence electrons. The van der Waals surface area contributed by atoms with Crippen molar-refractivity contribution in [2.75, 3.05) is 13.2 Å². The molecule has 0 radical (unpaired) electrons. The van der Waals surface area contributed by atoms with Crippen molar-refractivity contribution in [2.45, 2.75) is 25.8 Å². The lowest BCUT2D eigenvalue weighted by Crippen LogP contribution is -2.30. The summed E-state index contributed by atoms with van der Waals surface area (Å²) < 4.78 is 5.50. The summed E-state index contributed by atoms with van der Waals surface area (Å²) in [5.41, 5.74) is 2.15. The highest BCUT2D eigenvalue weighted by Gasteiger charge is 2.46. The zero-order chi connectivity index (χ0) is 19.0. The number of fused-ring (bicyclic) bond motifs is 1. The number of ether oxygens (including phenoxy) is 1. The van der Waals surface area contributed by atoms with E-state index in [-0.39, 0.29) is 11.3 Å². The molecule has 1 N–H and O–H groups in total. The van der Waals surface area contributed by atoms with E-state index in [1.807, 2.05) is 13.0 Å². The number of benzene rings is 1. The van der Waals surface area contributed by atoms with Gasteiger partial charge in [-0.05, 0) is 42.3 Å². The lowest BCUT2D eigenvalue weighted by Gasteiger charge is -2.23. The Morgan fingerprint density at radius 2 is 2.15 bits per heavy atom. The van der Waals surface area contributed by atoms with E-state index in [1.54, 1.807) is 36.5 Å². The third-order valence-corrected chi connectivity index (χ3v) is 4.94. The van der Waals surface area contributed by atoms with Crippen molar-refractivity contribution < 1.29 is 19.4 Å². The van der Waals surface area contributed by atoms with Crippen LogP contribution in [0.4, 0.5) is 0 Å². The van der Waals surface area contributed by atoms with Gasteiger partial charge in [-0.25, -0.2) is 0 Å². The van der Waals surface area contributed by atoms with Gasteiger partial charge in [0, 0.05) is 24.7 Å². The summed E-state index contributed by atoms with van der Waals surface area (Å²) in [4.78, 5) is 31.2. The Labute approximate surface area is 157 Å². The number of ketones is 1. The number of aromatic nitrogens is 1. The smallest absolute Gasteiger partial charge is 0.295 e. The van der Waals surface area contributed by atoms with E-state index in [1.165, 1.54) is 4.90 Å². The number of amides is 1. The first-order valence-electron chi connectivity index (χ1n) is 9.07. The van der Waals surface area contributed by atoms with Crippen LogP contribution in [0.1, 0.15) is 36.2 Å². The predicted octanol–water partition coefficient (Wildman–Crippen LogP) is 2.85. The highest BCUT2D eigenvalue weighted by atomic mass is 16.5. The number of rotatable bonds is 4. The second kappa shape index (κ2) is 6.87. The second-order valence-corrected chi connectivity index (χ2v) is 6.67. The molecule has 0 bridgehead atoms. The second-order valence-electron chi connectivity index (χ2n) is 6.67. The zero-order valence-electron chi connectivity index (χ0n) is 15.0. The number of nitrogens with zero attached hydrogens (tertiary/aromatic N) is 2. The topological polar surface area (TPSA) is 79.7 Å². The summed E-state index contributed by atoms with van der Waals surface area (Å²) in [5, 5.41) is 11.0. The summed E-state index contributed by atoms with van der Waals surface area (Å²) in [6.45, 7) is 2.96. The summed E-state index contributed by atoms with van der Waals surface area (Å²) in [6, 6.07) is 9.98. The van der Waals surface area contributed by atoms with Crippen molar-refractivity contribution >= 4 is 17.4 Å². The molecule has 1 amide bonds. The van der Waals surface area contributed by atoms with Crippen molar-refractivity contribution in [2.24, 2.45) is 0 Å².